The van der Waals surface area contributed by atoms with E-state index in [9.17, 15) is 0 Å². The van der Waals surface area contributed by atoms with Crippen molar-refractivity contribution in [2.45, 2.75) is 25.4 Å². The van der Waals surface area contributed by atoms with Crippen LogP contribution in [0.1, 0.15) is 29.3 Å². The molecular weight excluding hydrogens is 308 g/mol. The van der Waals surface area contributed by atoms with Crippen LogP contribution >= 0.6 is 27.3 Å². The van der Waals surface area contributed by atoms with E-state index in [-0.39, 0.29) is 0 Å². The highest BCUT2D eigenvalue weighted by Crippen LogP contribution is 2.40. The number of hydrogen-bond donors (Lipinski definition) is 1. The van der Waals surface area contributed by atoms with Gasteiger partial charge in [0, 0.05) is 33.2 Å². The van der Waals surface area contributed by atoms with E-state index in [4.69, 9.17) is 0 Å². The van der Waals surface area contributed by atoms with E-state index in [2.05, 4.69) is 62.8 Å². The molecule has 1 N–H and O–H groups in total. The molecular formula is C14H17BrN2S. The molecule has 0 aromatic carbocycles. The molecule has 2 heterocycles. The molecule has 2 aromatic heterocycles. The van der Waals surface area contributed by atoms with Crippen molar-refractivity contribution in [3.63, 3.8) is 0 Å². The van der Waals surface area contributed by atoms with Crippen LogP contribution in [0.4, 0.5) is 0 Å². The van der Waals surface area contributed by atoms with Gasteiger partial charge in [-0.2, -0.15) is 0 Å². The van der Waals surface area contributed by atoms with Gasteiger partial charge in [0.2, 0.25) is 0 Å². The van der Waals surface area contributed by atoms with E-state index < -0.39 is 0 Å². The van der Waals surface area contributed by atoms with E-state index in [0.717, 1.165) is 12.5 Å². The summed E-state index contributed by atoms with van der Waals surface area (Å²) in [6, 6.07) is 4.99. The first-order chi connectivity index (χ1) is 8.76. The Bertz CT molecular complexity index is 527. The number of thiophene rings is 1. The number of rotatable bonds is 5. The van der Waals surface area contributed by atoms with Crippen molar-refractivity contribution >= 4 is 27.3 Å². The molecule has 1 unspecified atom stereocenters. The van der Waals surface area contributed by atoms with E-state index in [1.54, 1.807) is 11.3 Å². The van der Waals surface area contributed by atoms with Crippen LogP contribution in [0.15, 0.2) is 34.4 Å². The first kappa shape index (κ1) is 12.5. The molecule has 0 spiro atoms. The van der Waals surface area contributed by atoms with Crippen molar-refractivity contribution in [1.29, 1.82) is 0 Å². The van der Waals surface area contributed by atoms with Gasteiger partial charge in [-0.25, -0.2) is 0 Å². The minimum atomic E-state index is 0.543. The fourth-order valence-corrected chi connectivity index (χ4v) is 3.92. The zero-order valence-electron chi connectivity index (χ0n) is 10.4. The third-order valence-electron chi connectivity index (χ3n) is 3.50. The molecule has 1 aliphatic carbocycles. The maximum absolute atomic E-state index is 3.50. The molecule has 18 heavy (non-hydrogen) atoms. The maximum atomic E-state index is 3.50. The first-order valence-corrected chi connectivity index (χ1v) is 7.99. The Kier molecular flexibility index (Phi) is 3.59. The van der Waals surface area contributed by atoms with Crippen molar-refractivity contribution in [1.82, 2.24) is 9.88 Å². The summed E-state index contributed by atoms with van der Waals surface area (Å²) in [5.74, 6) is 0.849. The molecule has 0 amide bonds. The molecule has 4 heteroatoms. The number of nitrogens with one attached hydrogen (secondary N) is 1. The predicted molar refractivity (Wildman–Crippen MR) is 80.1 cm³/mol. The second kappa shape index (κ2) is 5.19. The Balaban J connectivity index is 1.72. The number of hydrogen-bond acceptors (Lipinski definition) is 2. The molecule has 1 saturated carbocycles. The summed E-state index contributed by atoms with van der Waals surface area (Å²) in [6.07, 6.45) is 7.21. The maximum Gasteiger partial charge on any atom is 0.0564 e. The van der Waals surface area contributed by atoms with Crippen LogP contribution in [0.2, 0.25) is 0 Å². The number of aromatic nitrogens is 1. The topological polar surface area (TPSA) is 17.0 Å². The summed E-state index contributed by atoms with van der Waals surface area (Å²) in [5, 5.41) is 5.58. The van der Waals surface area contributed by atoms with E-state index in [1.165, 1.54) is 27.8 Å². The third kappa shape index (κ3) is 2.71. The molecule has 1 fully saturated rings. The molecule has 96 valence electrons. The predicted octanol–water partition coefficient (Wildman–Crippen LogP) is 4.03. The number of nitrogens with zero attached hydrogens (tertiary/aromatic N) is 1. The quantitative estimate of drug-likeness (QED) is 0.878. The smallest absolute Gasteiger partial charge is 0.0564 e. The lowest BCUT2D eigenvalue weighted by molar-refractivity contribution is 0.528. The Morgan fingerprint density at radius 1 is 1.56 bits per heavy atom. The lowest BCUT2D eigenvalue weighted by Crippen LogP contribution is -2.17. The summed E-state index contributed by atoms with van der Waals surface area (Å²) >= 11 is 5.31. The van der Waals surface area contributed by atoms with Crippen LogP contribution < -0.4 is 5.32 Å². The normalized spacial score (nSPS) is 17.0. The highest BCUT2D eigenvalue weighted by molar-refractivity contribution is 9.10. The second-order valence-corrected chi connectivity index (χ2v) is 6.86. The van der Waals surface area contributed by atoms with Gasteiger partial charge in [-0.05, 0) is 59.4 Å². The van der Waals surface area contributed by atoms with Gasteiger partial charge >= 0.3 is 0 Å². The van der Waals surface area contributed by atoms with Crippen LogP contribution in [0.5, 0.6) is 0 Å². The molecule has 3 rings (SSSR count). The monoisotopic (exact) mass is 324 g/mol. The zero-order valence-corrected chi connectivity index (χ0v) is 12.8. The Morgan fingerprint density at radius 3 is 3.00 bits per heavy atom. The molecule has 1 atom stereocenters. The highest BCUT2D eigenvalue weighted by Gasteiger charge is 2.31. The van der Waals surface area contributed by atoms with Gasteiger partial charge in [-0.15, -0.1) is 11.3 Å². The fraction of sp³-hybridized carbons (Fsp3) is 0.429. The summed E-state index contributed by atoms with van der Waals surface area (Å²) in [7, 11) is 2.07. The average molecular weight is 325 g/mol. The van der Waals surface area contributed by atoms with Crippen molar-refractivity contribution < 1.29 is 0 Å². The van der Waals surface area contributed by atoms with Gasteiger partial charge in [0.05, 0.1) is 6.54 Å². The molecule has 0 bridgehead atoms. The molecule has 2 nitrogen and oxygen atoms in total. The van der Waals surface area contributed by atoms with Crippen molar-refractivity contribution in [2.75, 3.05) is 7.05 Å². The van der Waals surface area contributed by atoms with E-state index >= 15 is 0 Å². The van der Waals surface area contributed by atoms with Crippen LogP contribution in [-0.4, -0.2) is 11.6 Å². The molecule has 1 aliphatic rings. The van der Waals surface area contributed by atoms with Crippen molar-refractivity contribution in [3.8, 4) is 0 Å². The summed E-state index contributed by atoms with van der Waals surface area (Å²) in [5.41, 5.74) is 1.43. The van der Waals surface area contributed by atoms with E-state index in [1.807, 2.05) is 0 Å². The summed E-state index contributed by atoms with van der Waals surface area (Å²) in [4.78, 5) is 1.39. The zero-order chi connectivity index (χ0) is 12.5. The Hall–Kier alpha value is -0.580. The second-order valence-electron chi connectivity index (χ2n) is 4.95. The van der Waals surface area contributed by atoms with Gasteiger partial charge in [-0.3, -0.25) is 0 Å². The number of halogens is 1. The average Bonchev–Trinajstić information content (AvgIpc) is 2.94. The van der Waals surface area contributed by atoms with E-state index in [0.29, 0.717) is 6.04 Å². The largest absolute Gasteiger partial charge is 0.349 e. The SMILES string of the molecule is CNC(c1ccn(Cc2cc(Br)cs2)c1)C1CC1. The fourth-order valence-electron chi connectivity index (χ4n) is 2.46. The van der Waals surface area contributed by atoms with Crippen LogP contribution in [0.25, 0.3) is 0 Å². The Morgan fingerprint density at radius 2 is 2.39 bits per heavy atom. The summed E-state index contributed by atoms with van der Waals surface area (Å²) in [6.45, 7) is 0.970. The van der Waals surface area contributed by atoms with Crippen molar-refractivity contribution in [2.24, 2.45) is 5.92 Å². The lowest BCUT2D eigenvalue weighted by Gasteiger charge is -2.13. The van der Waals surface area contributed by atoms with Gasteiger partial charge in [0.1, 0.15) is 0 Å². The molecule has 2 aromatic rings. The third-order valence-corrected chi connectivity index (χ3v) is 5.18. The van der Waals surface area contributed by atoms with Crippen LogP contribution in [0, 0.1) is 5.92 Å². The van der Waals surface area contributed by atoms with Gasteiger partial charge in [-0.1, -0.05) is 0 Å². The van der Waals surface area contributed by atoms with Gasteiger partial charge in [0.15, 0.2) is 0 Å². The lowest BCUT2D eigenvalue weighted by atomic mass is 10.1. The molecule has 0 radical (unpaired) electrons. The molecule has 0 saturated heterocycles. The standard InChI is InChI=1S/C14H17BrN2S/c1-16-14(10-2-3-10)11-4-5-17(7-11)8-13-6-12(15)9-18-13/h4-7,9-10,14,16H,2-3,8H2,1H3. The first-order valence-electron chi connectivity index (χ1n) is 6.32. The van der Waals surface area contributed by atoms with Crippen LogP contribution in [-0.2, 0) is 6.54 Å². The minimum Gasteiger partial charge on any atom is -0.349 e. The molecule has 0 aliphatic heterocycles. The highest BCUT2D eigenvalue weighted by atomic mass is 79.9. The minimum absolute atomic E-state index is 0.543. The van der Waals surface area contributed by atoms with Crippen LogP contribution in [0.3, 0.4) is 0 Å². The summed E-state index contributed by atoms with van der Waals surface area (Å²) < 4.78 is 3.46. The Labute approximate surface area is 120 Å². The van der Waals surface area contributed by atoms with Gasteiger partial charge in [0.25, 0.3) is 0 Å². The van der Waals surface area contributed by atoms with Gasteiger partial charge < -0.3 is 9.88 Å². The van der Waals surface area contributed by atoms with Crippen molar-refractivity contribution in [3.05, 3.63) is 44.8 Å².